The van der Waals surface area contributed by atoms with Gasteiger partial charge in [-0.25, -0.2) is 4.79 Å². The van der Waals surface area contributed by atoms with Gasteiger partial charge in [0, 0.05) is 33.9 Å². The Morgan fingerprint density at radius 1 is 0.910 bits per heavy atom. The van der Waals surface area contributed by atoms with Crippen molar-refractivity contribution in [1.29, 1.82) is 0 Å². The van der Waals surface area contributed by atoms with Gasteiger partial charge in [-0.15, -0.1) is 0 Å². The summed E-state index contributed by atoms with van der Waals surface area (Å²) in [6.07, 6.45) is 7.77. The van der Waals surface area contributed by atoms with E-state index in [1.165, 1.54) is 18.2 Å². The van der Waals surface area contributed by atoms with Crippen LogP contribution >= 0.6 is 11.6 Å². The SMILES string of the molecule is CC1CCC(C(C)C)C(OC(=O)N(Cc2cccc3ccccc23)CC2(O)CCC3C45C=CC6(C=C4C(=O)c4ccc(-c7cc(C(F)(F)F)ccc7Cl)o4)CC(O)CCC6(C)C5CCC32C)C1. The Balaban J connectivity index is 1.03. The van der Waals surface area contributed by atoms with Crippen LogP contribution in [0.25, 0.3) is 22.1 Å². The molecule has 0 aliphatic heterocycles. The smallest absolute Gasteiger partial charge is 0.416 e. The Labute approximate surface area is 396 Å². The third-order valence-corrected chi connectivity index (χ3v) is 18.8. The first-order valence-corrected chi connectivity index (χ1v) is 24.9. The van der Waals surface area contributed by atoms with Crippen molar-refractivity contribution in [2.45, 2.75) is 129 Å². The van der Waals surface area contributed by atoms with E-state index in [9.17, 15) is 28.2 Å². The highest BCUT2D eigenvalue weighted by Crippen LogP contribution is 2.78. The first-order chi connectivity index (χ1) is 31.7. The normalized spacial score (nSPS) is 35.5. The molecule has 1 heterocycles. The highest BCUT2D eigenvalue weighted by Gasteiger charge is 2.75. The topological polar surface area (TPSA) is 100 Å². The number of amides is 1. The second-order valence-corrected chi connectivity index (χ2v) is 22.6. The van der Waals surface area contributed by atoms with Gasteiger partial charge >= 0.3 is 12.3 Å². The quantitative estimate of drug-likeness (QED) is 0.128. The number of allylic oxidation sites excluding steroid dienone is 4. The lowest BCUT2D eigenvalue weighted by Crippen LogP contribution is -2.67. The molecule has 11 unspecified atom stereocenters. The fourth-order valence-corrected chi connectivity index (χ4v) is 15.0. The summed E-state index contributed by atoms with van der Waals surface area (Å²) in [6.45, 7) is 11.4. The van der Waals surface area contributed by atoms with E-state index in [0.29, 0.717) is 55.9 Å². The average molecular weight is 939 g/mol. The van der Waals surface area contributed by atoms with Crippen molar-refractivity contribution >= 4 is 34.2 Å². The molecule has 11 atom stereocenters. The fourth-order valence-electron chi connectivity index (χ4n) is 14.8. The molecule has 2 bridgehead atoms. The second-order valence-electron chi connectivity index (χ2n) is 22.2. The Hall–Kier alpha value is -4.38. The summed E-state index contributed by atoms with van der Waals surface area (Å²) in [7, 11) is 0. The van der Waals surface area contributed by atoms with Gasteiger partial charge in [-0.1, -0.05) is 113 Å². The Kier molecular flexibility index (Phi) is 11.3. The number of hydrogen-bond acceptors (Lipinski definition) is 6. The zero-order valence-electron chi connectivity index (χ0n) is 39.2. The van der Waals surface area contributed by atoms with E-state index in [1.807, 2.05) is 24.3 Å². The van der Waals surface area contributed by atoms with Crippen LogP contribution in [-0.4, -0.2) is 51.3 Å². The van der Waals surface area contributed by atoms with Crippen LogP contribution in [0.4, 0.5) is 18.0 Å². The van der Waals surface area contributed by atoms with Crippen LogP contribution in [0, 0.1) is 51.2 Å². The predicted molar refractivity (Wildman–Crippen MR) is 253 cm³/mol. The van der Waals surface area contributed by atoms with E-state index < -0.39 is 45.8 Å². The van der Waals surface area contributed by atoms with E-state index >= 15 is 4.79 Å². The summed E-state index contributed by atoms with van der Waals surface area (Å²) < 4.78 is 54.3. The van der Waals surface area contributed by atoms with Crippen molar-refractivity contribution < 1.29 is 42.1 Å². The zero-order chi connectivity index (χ0) is 47.5. The van der Waals surface area contributed by atoms with Crippen molar-refractivity contribution in [1.82, 2.24) is 4.90 Å². The minimum Gasteiger partial charge on any atom is -0.453 e. The number of alkyl halides is 3. The number of furan rings is 1. The van der Waals surface area contributed by atoms with Crippen molar-refractivity contribution in [2.75, 3.05) is 6.54 Å². The number of aliphatic hydroxyl groups excluding tert-OH is 1. The maximum absolute atomic E-state index is 15.4. The predicted octanol–water partition coefficient (Wildman–Crippen LogP) is 13.6. The summed E-state index contributed by atoms with van der Waals surface area (Å²) in [5.41, 5.74) is -3.26. The fraction of sp³-hybridized carbons (Fsp3) is 0.536. The van der Waals surface area contributed by atoms with E-state index in [0.717, 1.165) is 54.2 Å². The summed E-state index contributed by atoms with van der Waals surface area (Å²) >= 11 is 6.45. The highest BCUT2D eigenvalue weighted by molar-refractivity contribution is 6.33. The summed E-state index contributed by atoms with van der Waals surface area (Å²) in [5, 5.41) is 26.9. The lowest BCUT2D eigenvalue weighted by molar-refractivity contribution is -0.175. The number of ether oxygens (including phenoxy) is 1. The number of benzene rings is 3. The molecule has 2 N–H and O–H groups in total. The van der Waals surface area contributed by atoms with Crippen LogP contribution in [0.1, 0.15) is 121 Å². The van der Waals surface area contributed by atoms with Gasteiger partial charge in [0.1, 0.15) is 11.9 Å². The number of nitrogens with zero attached hydrogens (tertiary/aromatic N) is 1. The molecule has 4 saturated carbocycles. The number of Topliss-reactive ketones (excluding diaryl/α,β-unsaturated/α-hetero) is 1. The third kappa shape index (κ3) is 7.27. The van der Waals surface area contributed by atoms with Crippen LogP contribution in [0.5, 0.6) is 0 Å². The molecule has 3 aromatic carbocycles. The zero-order valence-corrected chi connectivity index (χ0v) is 39.9. The molecular weight excluding hydrogens is 875 g/mol. The van der Waals surface area contributed by atoms with Crippen molar-refractivity contribution in [3.8, 4) is 11.3 Å². The van der Waals surface area contributed by atoms with Crippen LogP contribution in [0.3, 0.4) is 0 Å². The van der Waals surface area contributed by atoms with Gasteiger partial charge in [-0.3, -0.25) is 4.79 Å². The number of carbonyl (C=O) groups excluding carboxylic acids is 2. The van der Waals surface area contributed by atoms with Gasteiger partial charge in [0.05, 0.1) is 28.8 Å². The molecule has 7 aliphatic rings. The molecule has 356 valence electrons. The number of carbonyl (C=O) groups is 2. The standard InChI is InChI=1S/C56H63ClF3NO6/c1-33(2)39-15-13-34(3)27-46(39)67-50(64)61(31-36-11-8-10-35-9-6-7-12-40(35)36)32-54(65)24-21-48-52(54,5)23-20-47-51(4)22-19-38(62)29-53(51)25-26-55(47,48)42(30-53)49(63)45-18-17-44(66-45)41-28-37(56(58,59)60)14-16-43(41)57/h6-12,14,16-18,25-26,28,30,33-34,38-39,46-48,62,65H,13,15,19-24,27,29,31-32H2,1-5H3. The lowest BCUT2D eigenvalue weighted by atomic mass is 9.32. The van der Waals surface area contributed by atoms with Gasteiger partial charge in [0.2, 0.25) is 5.78 Å². The van der Waals surface area contributed by atoms with Crippen LogP contribution in [0.2, 0.25) is 5.02 Å². The first-order valence-electron chi connectivity index (χ1n) is 24.5. The van der Waals surface area contributed by atoms with Crippen LogP contribution in [-0.2, 0) is 17.5 Å². The van der Waals surface area contributed by atoms with E-state index in [2.05, 4.69) is 71.0 Å². The second kappa shape index (κ2) is 16.4. The number of hydrogen-bond donors (Lipinski definition) is 2. The van der Waals surface area contributed by atoms with Crippen molar-refractivity contribution in [3.05, 3.63) is 119 Å². The van der Waals surface area contributed by atoms with Gasteiger partial charge in [-0.05, 0) is 139 Å². The third-order valence-electron chi connectivity index (χ3n) is 18.5. The molecule has 11 heteroatoms. The molecule has 4 fully saturated rings. The number of rotatable bonds is 9. The number of ketones is 1. The van der Waals surface area contributed by atoms with Gasteiger partial charge < -0.3 is 24.3 Å². The van der Waals surface area contributed by atoms with Gasteiger partial charge in [0.15, 0.2) is 5.76 Å². The molecule has 0 radical (unpaired) electrons. The summed E-state index contributed by atoms with van der Waals surface area (Å²) in [5.74, 6) is 0.414. The minimum absolute atomic E-state index is 0.0143. The van der Waals surface area contributed by atoms with E-state index in [-0.39, 0.29) is 70.3 Å². The summed E-state index contributed by atoms with van der Waals surface area (Å²) in [6, 6.07) is 20.3. The number of fused-ring (bicyclic) bond motifs is 2. The van der Waals surface area contributed by atoms with E-state index in [1.54, 1.807) is 4.90 Å². The molecular formula is C56H63ClF3NO6. The first kappa shape index (κ1) is 46.4. The van der Waals surface area contributed by atoms with Gasteiger partial charge in [0.25, 0.3) is 0 Å². The molecule has 4 aromatic rings. The maximum Gasteiger partial charge on any atom is 0.416 e. The minimum atomic E-state index is -4.61. The van der Waals surface area contributed by atoms with Crippen LogP contribution < -0.4 is 0 Å². The molecule has 7 aliphatic carbocycles. The maximum atomic E-state index is 15.4. The molecule has 7 nitrogen and oxygen atoms in total. The number of aliphatic hydroxyl groups is 2. The lowest BCUT2D eigenvalue weighted by Gasteiger charge is -2.71. The Morgan fingerprint density at radius 3 is 2.42 bits per heavy atom. The van der Waals surface area contributed by atoms with Crippen molar-refractivity contribution in [3.63, 3.8) is 0 Å². The van der Waals surface area contributed by atoms with Crippen molar-refractivity contribution in [2.24, 2.45) is 51.2 Å². The molecule has 67 heavy (non-hydrogen) atoms. The van der Waals surface area contributed by atoms with E-state index in [4.69, 9.17) is 20.8 Å². The summed E-state index contributed by atoms with van der Waals surface area (Å²) in [4.78, 5) is 32.0. The number of halogens is 4. The van der Waals surface area contributed by atoms with Gasteiger partial charge in [-0.2, -0.15) is 13.2 Å². The Morgan fingerprint density at radius 2 is 1.64 bits per heavy atom. The molecule has 1 aromatic heterocycles. The highest BCUT2D eigenvalue weighted by atomic mass is 35.5. The Bertz CT molecular complexity index is 2670. The molecule has 1 amide bonds. The average Bonchev–Trinajstić information content (AvgIpc) is 3.88. The largest absolute Gasteiger partial charge is 0.453 e. The molecule has 2 spiro atoms. The molecule has 11 rings (SSSR count). The monoisotopic (exact) mass is 937 g/mol. The molecule has 0 saturated heterocycles. The van der Waals surface area contributed by atoms with Crippen LogP contribution in [0.15, 0.2) is 101 Å².